The third-order valence-corrected chi connectivity index (χ3v) is 4.68. The Morgan fingerprint density at radius 1 is 1.45 bits per heavy atom. The van der Waals surface area contributed by atoms with Crippen molar-refractivity contribution in [3.8, 4) is 0 Å². The first-order valence-electron chi connectivity index (χ1n) is 7.11. The molecule has 0 spiro atoms. The van der Waals surface area contributed by atoms with Gasteiger partial charge >= 0.3 is 0 Å². The number of aromatic amines is 1. The van der Waals surface area contributed by atoms with Crippen LogP contribution in [0.3, 0.4) is 0 Å². The summed E-state index contributed by atoms with van der Waals surface area (Å²) < 4.78 is 0. The van der Waals surface area contributed by atoms with E-state index in [9.17, 15) is 4.79 Å². The number of rotatable bonds is 3. The number of aromatic nitrogens is 2. The average Bonchev–Trinajstić information content (AvgIpc) is 2.88. The molecule has 1 aromatic carbocycles. The Morgan fingerprint density at radius 3 is 3.10 bits per heavy atom. The van der Waals surface area contributed by atoms with Crippen molar-refractivity contribution >= 4 is 28.7 Å². The number of para-hydroxylation sites is 2. The molecule has 1 atom stereocenters. The van der Waals surface area contributed by atoms with Crippen molar-refractivity contribution in [1.29, 1.82) is 0 Å². The van der Waals surface area contributed by atoms with Crippen LogP contribution in [0.1, 0.15) is 26.2 Å². The van der Waals surface area contributed by atoms with Gasteiger partial charge in [0, 0.05) is 12.6 Å². The molecule has 20 heavy (non-hydrogen) atoms. The Hall–Kier alpha value is -1.49. The number of H-pyrrole nitrogens is 1. The van der Waals surface area contributed by atoms with E-state index in [0.717, 1.165) is 35.6 Å². The van der Waals surface area contributed by atoms with Gasteiger partial charge in [-0.2, -0.15) is 0 Å². The molecule has 1 aliphatic rings. The molecule has 3 rings (SSSR count). The Labute approximate surface area is 123 Å². The number of carbonyl (C=O) groups is 1. The zero-order valence-corrected chi connectivity index (χ0v) is 12.4. The number of piperidine rings is 1. The number of hydrogen-bond donors (Lipinski definition) is 1. The lowest BCUT2D eigenvalue weighted by atomic mass is 10.0. The number of nitrogens with one attached hydrogen (secondary N) is 1. The fourth-order valence-electron chi connectivity index (χ4n) is 2.68. The van der Waals surface area contributed by atoms with Crippen LogP contribution < -0.4 is 0 Å². The maximum Gasteiger partial charge on any atom is 0.233 e. The maximum absolute atomic E-state index is 12.3. The van der Waals surface area contributed by atoms with E-state index in [1.807, 2.05) is 29.2 Å². The molecule has 106 valence electrons. The molecule has 2 aromatic rings. The van der Waals surface area contributed by atoms with Crippen molar-refractivity contribution in [2.24, 2.45) is 0 Å². The first-order chi connectivity index (χ1) is 9.74. The van der Waals surface area contributed by atoms with Gasteiger partial charge in [-0.25, -0.2) is 4.98 Å². The molecule has 1 N–H and O–H groups in total. The first-order valence-corrected chi connectivity index (χ1v) is 8.09. The second-order valence-corrected chi connectivity index (χ2v) is 6.24. The lowest BCUT2D eigenvalue weighted by Crippen LogP contribution is -2.42. The Bertz CT molecular complexity index is 577. The van der Waals surface area contributed by atoms with Crippen molar-refractivity contribution in [1.82, 2.24) is 14.9 Å². The third kappa shape index (κ3) is 2.82. The van der Waals surface area contributed by atoms with Crippen LogP contribution in [-0.4, -0.2) is 39.1 Å². The minimum atomic E-state index is 0.225. The number of carbonyl (C=O) groups excluding carboxylic acids is 1. The van der Waals surface area contributed by atoms with E-state index in [2.05, 4.69) is 16.9 Å². The Balaban J connectivity index is 1.62. The molecule has 0 radical (unpaired) electrons. The molecule has 0 unspecified atom stereocenters. The standard InChI is InChI=1S/C15H19N3OS/c1-11-6-4-5-9-18(11)14(19)10-20-15-16-12-7-2-3-8-13(12)17-15/h2-3,7-8,11H,4-6,9-10H2,1H3,(H,16,17)/t11-/m1/s1. The second kappa shape index (κ2) is 5.87. The molecule has 1 saturated heterocycles. The number of thioether (sulfide) groups is 1. The number of hydrogen-bond acceptors (Lipinski definition) is 3. The van der Waals surface area contributed by atoms with Gasteiger partial charge in [0.15, 0.2) is 5.16 Å². The molecule has 2 heterocycles. The molecule has 1 aromatic heterocycles. The van der Waals surface area contributed by atoms with Gasteiger partial charge in [0.2, 0.25) is 5.91 Å². The molecule has 0 saturated carbocycles. The Morgan fingerprint density at radius 2 is 2.30 bits per heavy atom. The quantitative estimate of drug-likeness (QED) is 0.884. The van der Waals surface area contributed by atoms with Gasteiger partial charge in [-0.05, 0) is 38.3 Å². The van der Waals surface area contributed by atoms with Crippen molar-refractivity contribution < 1.29 is 4.79 Å². The zero-order valence-electron chi connectivity index (χ0n) is 11.6. The SMILES string of the molecule is C[C@@H]1CCCCN1C(=O)CSc1nc2ccccc2[nH]1. The van der Waals surface area contributed by atoms with Gasteiger partial charge in [-0.1, -0.05) is 23.9 Å². The van der Waals surface area contributed by atoms with E-state index in [1.165, 1.54) is 18.2 Å². The van der Waals surface area contributed by atoms with E-state index in [1.54, 1.807) is 0 Å². The molecule has 4 nitrogen and oxygen atoms in total. The summed E-state index contributed by atoms with van der Waals surface area (Å²) in [4.78, 5) is 22.0. The van der Waals surface area contributed by atoms with E-state index in [-0.39, 0.29) is 5.91 Å². The highest BCUT2D eigenvalue weighted by Gasteiger charge is 2.23. The maximum atomic E-state index is 12.3. The summed E-state index contributed by atoms with van der Waals surface area (Å²) >= 11 is 1.49. The highest BCUT2D eigenvalue weighted by molar-refractivity contribution is 7.99. The number of likely N-dealkylation sites (tertiary alicyclic amines) is 1. The van der Waals surface area contributed by atoms with Crippen molar-refractivity contribution in [2.75, 3.05) is 12.3 Å². The van der Waals surface area contributed by atoms with Gasteiger partial charge in [-0.3, -0.25) is 4.79 Å². The number of benzene rings is 1. The van der Waals surface area contributed by atoms with E-state index in [4.69, 9.17) is 0 Å². The van der Waals surface area contributed by atoms with Crippen LogP contribution in [0.5, 0.6) is 0 Å². The fourth-order valence-corrected chi connectivity index (χ4v) is 3.45. The molecule has 1 fully saturated rings. The third-order valence-electron chi connectivity index (χ3n) is 3.82. The normalized spacial score (nSPS) is 19.4. The second-order valence-electron chi connectivity index (χ2n) is 5.28. The average molecular weight is 289 g/mol. The predicted molar refractivity (Wildman–Crippen MR) is 81.8 cm³/mol. The van der Waals surface area contributed by atoms with Crippen molar-refractivity contribution in [2.45, 2.75) is 37.4 Å². The van der Waals surface area contributed by atoms with Crippen LogP contribution >= 0.6 is 11.8 Å². The monoisotopic (exact) mass is 289 g/mol. The summed E-state index contributed by atoms with van der Waals surface area (Å²) in [7, 11) is 0. The zero-order chi connectivity index (χ0) is 13.9. The summed E-state index contributed by atoms with van der Waals surface area (Å²) in [6.07, 6.45) is 3.49. The number of fused-ring (bicyclic) bond motifs is 1. The van der Waals surface area contributed by atoms with Crippen LogP contribution in [0.25, 0.3) is 11.0 Å². The van der Waals surface area contributed by atoms with E-state index < -0.39 is 0 Å². The summed E-state index contributed by atoms with van der Waals surface area (Å²) in [5.74, 6) is 0.687. The van der Waals surface area contributed by atoms with Gasteiger partial charge in [-0.15, -0.1) is 0 Å². The van der Waals surface area contributed by atoms with Crippen LogP contribution in [0.2, 0.25) is 0 Å². The number of nitrogens with zero attached hydrogens (tertiary/aromatic N) is 2. The summed E-state index contributed by atoms with van der Waals surface area (Å²) in [5, 5.41) is 0.823. The van der Waals surface area contributed by atoms with E-state index in [0.29, 0.717) is 11.8 Å². The van der Waals surface area contributed by atoms with Crippen molar-refractivity contribution in [3.05, 3.63) is 24.3 Å². The molecule has 0 aliphatic carbocycles. The van der Waals surface area contributed by atoms with Crippen LogP contribution in [0.4, 0.5) is 0 Å². The summed E-state index contributed by atoms with van der Waals surface area (Å²) in [6, 6.07) is 8.31. The largest absolute Gasteiger partial charge is 0.339 e. The molecular formula is C15H19N3OS. The molecule has 0 bridgehead atoms. The van der Waals surface area contributed by atoms with Crippen LogP contribution in [0, 0.1) is 0 Å². The first kappa shape index (κ1) is 13.5. The minimum Gasteiger partial charge on any atom is -0.339 e. The molecule has 5 heteroatoms. The van der Waals surface area contributed by atoms with Crippen LogP contribution in [0.15, 0.2) is 29.4 Å². The van der Waals surface area contributed by atoms with Gasteiger partial charge in [0.25, 0.3) is 0 Å². The molecule has 1 amide bonds. The summed E-state index contributed by atoms with van der Waals surface area (Å²) in [6.45, 7) is 3.05. The highest BCUT2D eigenvalue weighted by Crippen LogP contribution is 2.22. The molecular weight excluding hydrogens is 270 g/mol. The molecule has 1 aliphatic heterocycles. The van der Waals surface area contributed by atoms with Gasteiger partial charge < -0.3 is 9.88 Å². The lowest BCUT2D eigenvalue weighted by Gasteiger charge is -2.33. The summed E-state index contributed by atoms with van der Waals surface area (Å²) in [5.41, 5.74) is 1.97. The minimum absolute atomic E-state index is 0.225. The van der Waals surface area contributed by atoms with Crippen LogP contribution in [-0.2, 0) is 4.79 Å². The fraction of sp³-hybridized carbons (Fsp3) is 0.467. The Kier molecular flexibility index (Phi) is 3.96. The van der Waals surface area contributed by atoms with Gasteiger partial charge in [0.1, 0.15) is 0 Å². The van der Waals surface area contributed by atoms with E-state index >= 15 is 0 Å². The van der Waals surface area contributed by atoms with Crippen molar-refractivity contribution in [3.63, 3.8) is 0 Å². The lowest BCUT2D eigenvalue weighted by molar-refractivity contribution is -0.131. The number of amides is 1. The highest BCUT2D eigenvalue weighted by atomic mass is 32.2. The predicted octanol–water partition coefficient (Wildman–Crippen LogP) is 3.06. The van der Waals surface area contributed by atoms with Gasteiger partial charge in [0.05, 0.1) is 16.8 Å². The smallest absolute Gasteiger partial charge is 0.233 e. The number of imidazole rings is 1. The topological polar surface area (TPSA) is 49.0 Å².